The van der Waals surface area contributed by atoms with Crippen LogP contribution in [0.3, 0.4) is 0 Å². The molecule has 0 aliphatic carbocycles. The molecule has 1 aliphatic rings. The SMILES string of the molecule is CC(C)(C)C(=O)OCn1cc(C2(C)CCN(C(C)(C)C)C2)nn1. The van der Waals surface area contributed by atoms with Crippen LogP contribution in [0.4, 0.5) is 0 Å². The van der Waals surface area contributed by atoms with Crippen LogP contribution in [0.15, 0.2) is 6.20 Å². The summed E-state index contributed by atoms with van der Waals surface area (Å²) in [6.07, 6.45) is 2.97. The fraction of sp³-hybridized carbons (Fsp3) is 0.824. The number of esters is 1. The van der Waals surface area contributed by atoms with Gasteiger partial charge in [0.2, 0.25) is 0 Å². The zero-order chi connectivity index (χ0) is 17.5. The lowest BCUT2D eigenvalue weighted by Gasteiger charge is -2.33. The van der Waals surface area contributed by atoms with Gasteiger partial charge in [-0.2, -0.15) is 0 Å². The predicted octanol–water partition coefficient (Wildman–Crippen LogP) is 2.59. The summed E-state index contributed by atoms with van der Waals surface area (Å²) in [5, 5.41) is 8.44. The van der Waals surface area contributed by atoms with Gasteiger partial charge in [0, 0.05) is 17.5 Å². The Labute approximate surface area is 139 Å². The van der Waals surface area contributed by atoms with Gasteiger partial charge >= 0.3 is 5.97 Å². The Morgan fingerprint density at radius 1 is 1.30 bits per heavy atom. The highest BCUT2D eigenvalue weighted by Gasteiger charge is 2.41. The summed E-state index contributed by atoms with van der Waals surface area (Å²) < 4.78 is 6.89. The minimum atomic E-state index is -0.506. The Hall–Kier alpha value is -1.43. The molecule has 0 spiro atoms. The van der Waals surface area contributed by atoms with Crippen molar-refractivity contribution in [3.8, 4) is 0 Å². The number of ether oxygens (including phenoxy) is 1. The van der Waals surface area contributed by atoms with Gasteiger partial charge in [0.15, 0.2) is 6.73 Å². The van der Waals surface area contributed by atoms with E-state index in [-0.39, 0.29) is 23.7 Å². The van der Waals surface area contributed by atoms with E-state index in [4.69, 9.17) is 4.74 Å². The highest BCUT2D eigenvalue weighted by molar-refractivity contribution is 5.75. The molecule has 130 valence electrons. The Bertz CT molecular complexity index is 568. The van der Waals surface area contributed by atoms with Crippen LogP contribution in [0.2, 0.25) is 0 Å². The largest absolute Gasteiger partial charge is 0.442 e. The van der Waals surface area contributed by atoms with Crippen LogP contribution in [0.25, 0.3) is 0 Å². The average Bonchev–Trinajstić information content (AvgIpc) is 3.01. The van der Waals surface area contributed by atoms with Gasteiger partial charge in [0.1, 0.15) is 0 Å². The fourth-order valence-corrected chi connectivity index (χ4v) is 2.72. The van der Waals surface area contributed by atoms with Crippen LogP contribution in [-0.4, -0.2) is 44.5 Å². The van der Waals surface area contributed by atoms with Gasteiger partial charge in [-0.05, 0) is 54.5 Å². The van der Waals surface area contributed by atoms with Gasteiger partial charge in [-0.25, -0.2) is 4.68 Å². The van der Waals surface area contributed by atoms with Crippen LogP contribution < -0.4 is 0 Å². The van der Waals surface area contributed by atoms with E-state index < -0.39 is 5.41 Å². The Morgan fingerprint density at radius 2 is 1.96 bits per heavy atom. The van der Waals surface area contributed by atoms with Gasteiger partial charge in [-0.15, -0.1) is 5.10 Å². The van der Waals surface area contributed by atoms with E-state index in [1.807, 2.05) is 27.0 Å². The molecule has 1 saturated heterocycles. The lowest BCUT2D eigenvalue weighted by atomic mass is 9.86. The van der Waals surface area contributed by atoms with Crippen LogP contribution in [0.5, 0.6) is 0 Å². The molecule has 0 N–H and O–H groups in total. The number of likely N-dealkylation sites (tertiary alicyclic amines) is 1. The molecule has 0 radical (unpaired) electrons. The summed E-state index contributed by atoms with van der Waals surface area (Å²) in [5.41, 5.74) is 0.625. The average molecular weight is 322 g/mol. The standard InChI is InChI=1S/C17H30N4O2/c1-15(2,3)14(22)23-12-21-10-13(18-19-21)17(7)8-9-20(11-17)16(4,5)6/h10H,8-9,11-12H2,1-7H3. The highest BCUT2D eigenvalue weighted by atomic mass is 16.5. The second-order valence-electron chi connectivity index (χ2n) is 8.86. The molecule has 0 saturated carbocycles. The number of nitrogens with zero attached hydrogens (tertiary/aromatic N) is 4. The first-order chi connectivity index (χ1) is 10.4. The number of hydrogen-bond acceptors (Lipinski definition) is 5. The lowest BCUT2D eigenvalue weighted by molar-refractivity contribution is -0.157. The van der Waals surface area contributed by atoms with Gasteiger partial charge in [-0.3, -0.25) is 9.69 Å². The molecule has 2 rings (SSSR count). The zero-order valence-electron chi connectivity index (χ0n) is 15.5. The van der Waals surface area contributed by atoms with Crippen molar-refractivity contribution in [2.75, 3.05) is 13.1 Å². The summed E-state index contributed by atoms with van der Waals surface area (Å²) in [6.45, 7) is 16.6. The smallest absolute Gasteiger partial charge is 0.313 e. The molecular formula is C17H30N4O2. The second kappa shape index (κ2) is 5.89. The molecule has 6 heteroatoms. The van der Waals surface area contributed by atoms with E-state index in [9.17, 15) is 4.79 Å². The van der Waals surface area contributed by atoms with E-state index in [1.165, 1.54) is 0 Å². The Morgan fingerprint density at radius 3 is 2.48 bits per heavy atom. The van der Waals surface area contributed by atoms with E-state index >= 15 is 0 Å². The monoisotopic (exact) mass is 322 g/mol. The molecular weight excluding hydrogens is 292 g/mol. The number of hydrogen-bond donors (Lipinski definition) is 0. The zero-order valence-corrected chi connectivity index (χ0v) is 15.5. The molecule has 1 aliphatic heterocycles. The first-order valence-corrected chi connectivity index (χ1v) is 8.25. The molecule has 2 heterocycles. The lowest BCUT2D eigenvalue weighted by Crippen LogP contribution is -2.41. The minimum absolute atomic E-state index is 0.000430. The molecule has 0 bridgehead atoms. The topological polar surface area (TPSA) is 60.2 Å². The summed E-state index contributed by atoms with van der Waals surface area (Å²) in [6, 6.07) is 0. The maximum Gasteiger partial charge on any atom is 0.313 e. The third-order valence-electron chi connectivity index (χ3n) is 4.52. The maximum atomic E-state index is 11.8. The van der Waals surface area contributed by atoms with Crippen molar-refractivity contribution in [3.05, 3.63) is 11.9 Å². The van der Waals surface area contributed by atoms with E-state index in [1.54, 1.807) is 4.68 Å². The number of rotatable bonds is 3. The normalized spacial score (nSPS) is 23.3. The highest BCUT2D eigenvalue weighted by Crippen LogP contribution is 2.36. The first kappa shape index (κ1) is 17.9. The third-order valence-corrected chi connectivity index (χ3v) is 4.52. The van der Waals surface area contributed by atoms with Gasteiger partial charge in [0.25, 0.3) is 0 Å². The molecule has 1 atom stereocenters. The van der Waals surface area contributed by atoms with Crippen LogP contribution in [0, 0.1) is 5.41 Å². The van der Waals surface area contributed by atoms with Crippen molar-refractivity contribution in [1.29, 1.82) is 0 Å². The first-order valence-electron chi connectivity index (χ1n) is 8.25. The van der Waals surface area contributed by atoms with Crippen LogP contribution in [0.1, 0.15) is 60.6 Å². The van der Waals surface area contributed by atoms with Crippen molar-refractivity contribution < 1.29 is 9.53 Å². The molecule has 23 heavy (non-hydrogen) atoms. The van der Waals surface area contributed by atoms with E-state index in [0.717, 1.165) is 25.2 Å². The van der Waals surface area contributed by atoms with E-state index in [0.29, 0.717) is 0 Å². The maximum absolute atomic E-state index is 11.8. The fourth-order valence-electron chi connectivity index (χ4n) is 2.72. The second-order valence-corrected chi connectivity index (χ2v) is 8.86. The third kappa shape index (κ3) is 4.10. The summed E-state index contributed by atoms with van der Waals surface area (Å²) >= 11 is 0. The summed E-state index contributed by atoms with van der Waals surface area (Å²) in [4.78, 5) is 14.3. The minimum Gasteiger partial charge on any atom is -0.442 e. The Balaban J connectivity index is 2.01. The number of carbonyl (C=O) groups is 1. The quantitative estimate of drug-likeness (QED) is 0.801. The van der Waals surface area contributed by atoms with Gasteiger partial charge < -0.3 is 4.74 Å². The molecule has 1 fully saturated rings. The van der Waals surface area contributed by atoms with E-state index in [2.05, 4.69) is 42.9 Å². The van der Waals surface area contributed by atoms with Gasteiger partial charge in [-0.1, -0.05) is 12.1 Å². The van der Waals surface area contributed by atoms with Crippen molar-refractivity contribution in [2.45, 2.75) is 72.6 Å². The summed E-state index contributed by atoms with van der Waals surface area (Å²) in [5.74, 6) is -0.236. The molecule has 0 amide bonds. The molecule has 1 aromatic heterocycles. The summed E-state index contributed by atoms with van der Waals surface area (Å²) in [7, 11) is 0. The predicted molar refractivity (Wildman–Crippen MR) is 88.9 cm³/mol. The molecule has 6 nitrogen and oxygen atoms in total. The van der Waals surface area contributed by atoms with Crippen LogP contribution >= 0.6 is 0 Å². The number of carbonyl (C=O) groups excluding carboxylic acids is 1. The van der Waals surface area contributed by atoms with Crippen molar-refractivity contribution in [1.82, 2.24) is 19.9 Å². The Kier molecular flexibility index (Phi) is 4.59. The molecule has 1 aromatic rings. The molecule has 0 aromatic carbocycles. The van der Waals surface area contributed by atoms with Crippen LogP contribution in [-0.2, 0) is 21.7 Å². The van der Waals surface area contributed by atoms with Crippen molar-refractivity contribution in [3.63, 3.8) is 0 Å². The van der Waals surface area contributed by atoms with Gasteiger partial charge in [0.05, 0.1) is 17.3 Å². The van der Waals surface area contributed by atoms with Crippen molar-refractivity contribution >= 4 is 5.97 Å². The molecule has 1 unspecified atom stereocenters. The van der Waals surface area contributed by atoms with Crippen molar-refractivity contribution in [2.24, 2.45) is 5.41 Å². The number of aromatic nitrogens is 3.